The Morgan fingerprint density at radius 1 is 1.29 bits per heavy atom. The second kappa shape index (κ2) is 5.60. The van der Waals surface area contributed by atoms with Gasteiger partial charge in [-0.25, -0.2) is 0 Å². The first-order chi connectivity index (χ1) is 8.08. The lowest BCUT2D eigenvalue weighted by molar-refractivity contribution is 0.460. The van der Waals surface area contributed by atoms with Crippen LogP contribution in [0.5, 0.6) is 0 Å². The molecule has 0 amide bonds. The van der Waals surface area contributed by atoms with E-state index in [0.29, 0.717) is 16.9 Å². The molecule has 0 aromatic heterocycles. The lowest BCUT2D eigenvalue weighted by atomic mass is 9.88. The summed E-state index contributed by atoms with van der Waals surface area (Å²) in [6.07, 6.45) is 2.64. The standard InChI is InChI=1S/C14H19Cl2N/c1-9(2)13(8-17-11-4-5-11)12-6-3-10(15)7-14(12)16/h3,6-7,9,11,13,17H,4-5,8H2,1-2H3. The molecule has 0 spiro atoms. The van der Waals surface area contributed by atoms with Gasteiger partial charge in [0.25, 0.3) is 0 Å². The summed E-state index contributed by atoms with van der Waals surface area (Å²) in [6.45, 7) is 5.48. The molecule has 0 saturated heterocycles. The molecule has 0 bridgehead atoms. The van der Waals surface area contributed by atoms with Gasteiger partial charge in [0, 0.05) is 28.5 Å². The molecule has 1 atom stereocenters. The Morgan fingerprint density at radius 2 is 2.00 bits per heavy atom. The minimum absolute atomic E-state index is 0.459. The predicted molar refractivity (Wildman–Crippen MR) is 75.1 cm³/mol. The van der Waals surface area contributed by atoms with E-state index >= 15 is 0 Å². The van der Waals surface area contributed by atoms with Crippen LogP contribution < -0.4 is 5.32 Å². The van der Waals surface area contributed by atoms with Crippen LogP contribution in [0, 0.1) is 5.92 Å². The van der Waals surface area contributed by atoms with E-state index in [1.54, 1.807) is 0 Å². The van der Waals surface area contributed by atoms with Crippen LogP contribution in [0.4, 0.5) is 0 Å². The lowest BCUT2D eigenvalue weighted by Gasteiger charge is -2.23. The van der Waals surface area contributed by atoms with E-state index in [2.05, 4.69) is 25.2 Å². The van der Waals surface area contributed by atoms with Gasteiger partial charge in [-0.3, -0.25) is 0 Å². The largest absolute Gasteiger partial charge is 0.313 e. The molecule has 0 radical (unpaired) electrons. The maximum Gasteiger partial charge on any atom is 0.0456 e. The fourth-order valence-corrected chi connectivity index (χ4v) is 2.64. The second-order valence-corrected chi connectivity index (χ2v) is 6.04. The van der Waals surface area contributed by atoms with E-state index in [4.69, 9.17) is 23.2 Å². The molecule has 1 unspecified atom stereocenters. The zero-order valence-corrected chi connectivity index (χ0v) is 11.9. The quantitative estimate of drug-likeness (QED) is 0.833. The lowest BCUT2D eigenvalue weighted by Crippen LogP contribution is -2.26. The highest BCUT2D eigenvalue weighted by atomic mass is 35.5. The van der Waals surface area contributed by atoms with E-state index < -0.39 is 0 Å². The van der Waals surface area contributed by atoms with Gasteiger partial charge >= 0.3 is 0 Å². The average Bonchev–Trinajstić information content (AvgIpc) is 3.04. The van der Waals surface area contributed by atoms with Crippen molar-refractivity contribution in [2.45, 2.75) is 38.6 Å². The summed E-state index contributed by atoms with van der Waals surface area (Å²) in [5.41, 5.74) is 1.21. The molecule has 1 nitrogen and oxygen atoms in total. The monoisotopic (exact) mass is 271 g/mol. The van der Waals surface area contributed by atoms with E-state index in [-0.39, 0.29) is 0 Å². The van der Waals surface area contributed by atoms with Crippen LogP contribution in [-0.4, -0.2) is 12.6 Å². The summed E-state index contributed by atoms with van der Waals surface area (Å²) in [7, 11) is 0. The summed E-state index contributed by atoms with van der Waals surface area (Å²) in [5.74, 6) is 1.03. The molecule has 1 aromatic carbocycles. The number of halogens is 2. The van der Waals surface area contributed by atoms with Crippen LogP contribution >= 0.6 is 23.2 Å². The van der Waals surface area contributed by atoms with Crippen LogP contribution in [0.15, 0.2) is 18.2 Å². The van der Waals surface area contributed by atoms with Gasteiger partial charge in [0.1, 0.15) is 0 Å². The van der Waals surface area contributed by atoms with Crippen molar-refractivity contribution < 1.29 is 0 Å². The van der Waals surface area contributed by atoms with Crippen molar-refractivity contribution in [2.75, 3.05) is 6.54 Å². The molecule has 1 aliphatic carbocycles. The van der Waals surface area contributed by atoms with Crippen molar-refractivity contribution in [1.82, 2.24) is 5.32 Å². The molecule has 1 fully saturated rings. The highest BCUT2D eigenvalue weighted by Crippen LogP contribution is 2.32. The van der Waals surface area contributed by atoms with E-state index in [9.17, 15) is 0 Å². The topological polar surface area (TPSA) is 12.0 Å². The maximum absolute atomic E-state index is 6.29. The van der Waals surface area contributed by atoms with Crippen LogP contribution in [0.3, 0.4) is 0 Å². The first-order valence-electron chi connectivity index (χ1n) is 6.26. The van der Waals surface area contributed by atoms with Crippen molar-refractivity contribution >= 4 is 23.2 Å². The number of hydrogen-bond acceptors (Lipinski definition) is 1. The van der Waals surface area contributed by atoms with E-state index in [1.807, 2.05) is 12.1 Å². The Labute approximate surface area is 114 Å². The molecular formula is C14H19Cl2N. The molecule has 2 rings (SSSR count). The summed E-state index contributed by atoms with van der Waals surface area (Å²) >= 11 is 12.2. The summed E-state index contributed by atoms with van der Waals surface area (Å²) in [5, 5.41) is 5.08. The third-order valence-corrected chi connectivity index (χ3v) is 3.93. The van der Waals surface area contributed by atoms with E-state index in [1.165, 1.54) is 18.4 Å². The average molecular weight is 272 g/mol. The molecule has 1 aliphatic rings. The number of benzene rings is 1. The Kier molecular flexibility index (Phi) is 4.35. The fourth-order valence-electron chi connectivity index (χ4n) is 2.09. The maximum atomic E-state index is 6.29. The van der Waals surface area contributed by atoms with E-state index in [0.717, 1.165) is 17.6 Å². The third kappa shape index (κ3) is 3.61. The second-order valence-electron chi connectivity index (χ2n) is 5.20. The van der Waals surface area contributed by atoms with Crippen molar-refractivity contribution in [2.24, 2.45) is 5.92 Å². The molecule has 3 heteroatoms. The molecule has 1 saturated carbocycles. The van der Waals surface area contributed by atoms with Crippen molar-refractivity contribution in [3.8, 4) is 0 Å². The molecule has 17 heavy (non-hydrogen) atoms. The Morgan fingerprint density at radius 3 is 2.53 bits per heavy atom. The van der Waals surface area contributed by atoms with Gasteiger partial charge in [-0.2, -0.15) is 0 Å². The number of rotatable bonds is 5. The molecule has 0 heterocycles. The third-order valence-electron chi connectivity index (χ3n) is 3.37. The van der Waals surface area contributed by atoms with Gasteiger partial charge in [-0.15, -0.1) is 0 Å². The SMILES string of the molecule is CC(C)C(CNC1CC1)c1ccc(Cl)cc1Cl. The van der Waals surface area contributed by atoms with Crippen molar-refractivity contribution in [3.63, 3.8) is 0 Å². The normalized spacial score (nSPS) is 17.5. The highest BCUT2D eigenvalue weighted by Gasteiger charge is 2.24. The van der Waals surface area contributed by atoms with Crippen molar-refractivity contribution in [3.05, 3.63) is 33.8 Å². The Hall–Kier alpha value is -0.240. The van der Waals surface area contributed by atoms with Crippen LogP contribution in [0.25, 0.3) is 0 Å². The molecule has 1 aromatic rings. The predicted octanol–water partition coefficient (Wildman–Crippen LogP) is 4.49. The first-order valence-corrected chi connectivity index (χ1v) is 7.02. The smallest absolute Gasteiger partial charge is 0.0456 e. The summed E-state index contributed by atoms with van der Waals surface area (Å²) in [4.78, 5) is 0. The van der Waals surface area contributed by atoms with Gasteiger partial charge in [-0.1, -0.05) is 43.1 Å². The van der Waals surface area contributed by atoms with Crippen LogP contribution in [-0.2, 0) is 0 Å². The number of nitrogens with one attached hydrogen (secondary N) is 1. The zero-order valence-electron chi connectivity index (χ0n) is 10.3. The fraction of sp³-hybridized carbons (Fsp3) is 0.571. The minimum atomic E-state index is 0.459. The van der Waals surface area contributed by atoms with Gasteiger partial charge in [0.15, 0.2) is 0 Å². The molecular weight excluding hydrogens is 253 g/mol. The first kappa shape index (κ1) is 13.2. The van der Waals surface area contributed by atoms with Crippen LogP contribution in [0.1, 0.15) is 38.2 Å². The zero-order chi connectivity index (χ0) is 12.4. The summed E-state index contributed by atoms with van der Waals surface area (Å²) < 4.78 is 0. The Bertz CT molecular complexity index is 386. The highest BCUT2D eigenvalue weighted by molar-refractivity contribution is 6.35. The van der Waals surface area contributed by atoms with Gasteiger partial charge < -0.3 is 5.32 Å². The minimum Gasteiger partial charge on any atom is -0.313 e. The molecule has 0 aliphatic heterocycles. The number of hydrogen-bond donors (Lipinski definition) is 1. The molecule has 1 N–H and O–H groups in total. The molecule has 94 valence electrons. The van der Waals surface area contributed by atoms with Crippen LogP contribution in [0.2, 0.25) is 10.0 Å². The van der Waals surface area contributed by atoms with Gasteiger partial charge in [0.05, 0.1) is 0 Å². The van der Waals surface area contributed by atoms with Crippen molar-refractivity contribution in [1.29, 1.82) is 0 Å². The Balaban J connectivity index is 2.12. The van der Waals surface area contributed by atoms with Gasteiger partial charge in [-0.05, 0) is 36.5 Å². The summed E-state index contributed by atoms with van der Waals surface area (Å²) in [6, 6.07) is 6.56. The van der Waals surface area contributed by atoms with Gasteiger partial charge in [0.2, 0.25) is 0 Å².